The molecule has 0 saturated heterocycles. The molecule has 0 unspecified atom stereocenters. The van der Waals surface area contributed by atoms with Gasteiger partial charge >= 0.3 is 0 Å². The first-order valence-corrected chi connectivity index (χ1v) is 22.2. The van der Waals surface area contributed by atoms with Gasteiger partial charge in [0.25, 0.3) is 0 Å². The van der Waals surface area contributed by atoms with Crippen LogP contribution in [0, 0.1) is 0 Å². The van der Waals surface area contributed by atoms with Crippen molar-refractivity contribution in [2.45, 2.75) is 0 Å². The Labute approximate surface area is 354 Å². The Bertz CT molecular complexity index is 3510. The third kappa shape index (κ3) is 5.02. The van der Waals surface area contributed by atoms with Crippen molar-refractivity contribution >= 4 is 106 Å². The zero-order valence-electron chi connectivity index (χ0n) is 32.4. The predicted molar refractivity (Wildman–Crippen MR) is 264 cm³/mol. The maximum Gasteiger partial charge on any atom is 0.0355 e. The van der Waals surface area contributed by atoms with E-state index >= 15 is 0 Å². The summed E-state index contributed by atoms with van der Waals surface area (Å²) >= 11 is 3.75. The Morgan fingerprint density at radius 1 is 0.183 bits per heavy atom. The number of hydrogen-bond donors (Lipinski definition) is 0. The van der Waals surface area contributed by atoms with Crippen LogP contribution in [0.2, 0.25) is 0 Å². The summed E-state index contributed by atoms with van der Waals surface area (Å²) in [7, 11) is 0. The van der Waals surface area contributed by atoms with Crippen LogP contribution in [0.3, 0.4) is 0 Å². The van der Waals surface area contributed by atoms with E-state index in [1.165, 1.54) is 128 Å². The van der Waals surface area contributed by atoms with Crippen LogP contribution in [0.5, 0.6) is 0 Å². The zero-order valence-corrected chi connectivity index (χ0v) is 34.1. The van der Waals surface area contributed by atoms with Crippen LogP contribution in [0.25, 0.3) is 128 Å². The Morgan fingerprint density at radius 3 is 0.733 bits per heavy atom. The second-order valence-electron chi connectivity index (χ2n) is 15.9. The molecule has 0 aliphatic heterocycles. The van der Waals surface area contributed by atoms with E-state index in [0.29, 0.717) is 0 Å². The highest BCUT2D eigenvalue weighted by Gasteiger charge is 2.20. The lowest BCUT2D eigenvalue weighted by molar-refractivity contribution is 1.64. The van der Waals surface area contributed by atoms with Gasteiger partial charge in [0.15, 0.2) is 0 Å². The van der Waals surface area contributed by atoms with Crippen molar-refractivity contribution in [1.82, 2.24) is 0 Å². The zero-order chi connectivity index (χ0) is 39.3. The summed E-state index contributed by atoms with van der Waals surface area (Å²) in [4.78, 5) is 0. The Balaban J connectivity index is 0.994. The van der Waals surface area contributed by atoms with Crippen molar-refractivity contribution in [3.05, 3.63) is 206 Å². The summed E-state index contributed by atoms with van der Waals surface area (Å²) in [6.45, 7) is 0. The first-order valence-electron chi connectivity index (χ1n) is 20.6. The average molecular weight is 795 g/mol. The van der Waals surface area contributed by atoms with Crippen LogP contribution >= 0.6 is 22.7 Å². The van der Waals surface area contributed by atoms with E-state index in [-0.39, 0.29) is 0 Å². The van der Waals surface area contributed by atoms with Gasteiger partial charge in [0.1, 0.15) is 0 Å². The first-order chi connectivity index (χ1) is 29.8. The van der Waals surface area contributed by atoms with Gasteiger partial charge in [0.2, 0.25) is 0 Å². The third-order valence-electron chi connectivity index (χ3n) is 12.7. The summed E-state index contributed by atoms with van der Waals surface area (Å²) in [5, 5.41) is 15.5. The van der Waals surface area contributed by atoms with Gasteiger partial charge in [-0.1, -0.05) is 170 Å². The van der Waals surface area contributed by atoms with Gasteiger partial charge in [-0.05, 0) is 124 Å². The molecule has 13 aromatic rings. The maximum atomic E-state index is 2.42. The molecule has 2 heterocycles. The van der Waals surface area contributed by atoms with E-state index < -0.39 is 0 Å². The molecule has 2 heteroatoms. The fraction of sp³-hybridized carbons (Fsp3) is 0. The molecule has 0 N–H and O–H groups in total. The molecule has 0 amide bonds. The lowest BCUT2D eigenvalue weighted by Crippen LogP contribution is -1.92. The Morgan fingerprint density at radius 2 is 0.417 bits per heavy atom. The molecule has 0 atom stereocenters. The van der Waals surface area contributed by atoms with Gasteiger partial charge in [-0.25, -0.2) is 0 Å². The van der Waals surface area contributed by atoms with Gasteiger partial charge in [-0.3, -0.25) is 0 Å². The molecule has 0 fully saturated rings. The topological polar surface area (TPSA) is 0 Å². The smallest absolute Gasteiger partial charge is 0.0355 e. The summed E-state index contributed by atoms with van der Waals surface area (Å²) in [6.07, 6.45) is 0. The van der Waals surface area contributed by atoms with Crippen molar-refractivity contribution in [1.29, 1.82) is 0 Å². The van der Waals surface area contributed by atoms with Crippen LogP contribution < -0.4 is 0 Å². The average Bonchev–Trinajstić information content (AvgIpc) is 3.88. The summed E-state index contributed by atoms with van der Waals surface area (Å²) < 4.78 is 5.32. The molecule has 0 nitrogen and oxygen atoms in total. The Hall–Kier alpha value is -7.10. The van der Waals surface area contributed by atoms with Gasteiger partial charge in [0.05, 0.1) is 0 Å². The second-order valence-corrected chi connectivity index (χ2v) is 18.0. The molecule has 13 rings (SSSR count). The van der Waals surface area contributed by atoms with Crippen LogP contribution in [0.4, 0.5) is 0 Å². The van der Waals surface area contributed by atoms with E-state index in [9.17, 15) is 0 Å². The molecule has 0 aliphatic rings. The first kappa shape index (κ1) is 33.8. The monoisotopic (exact) mass is 794 g/mol. The molecule has 0 aliphatic carbocycles. The number of hydrogen-bond acceptors (Lipinski definition) is 2. The summed E-state index contributed by atoms with van der Waals surface area (Å²) in [6, 6.07) is 77.0. The van der Waals surface area contributed by atoms with Crippen molar-refractivity contribution < 1.29 is 0 Å². The Kier molecular flexibility index (Phi) is 7.45. The van der Waals surface area contributed by atoms with Gasteiger partial charge in [0, 0.05) is 40.3 Å². The van der Waals surface area contributed by atoms with Crippen molar-refractivity contribution in [2.75, 3.05) is 0 Å². The summed E-state index contributed by atoms with van der Waals surface area (Å²) in [5.74, 6) is 0. The van der Waals surface area contributed by atoms with Gasteiger partial charge in [-0.2, -0.15) is 0 Å². The fourth-order valence-corrected chi connectivity index (χ4v) is 12.2. The number of rotatable bonds is 4. The van der Waals surface area contributed by atoms with E-state index in [0.717, 1.165) is 0 Å². The van der Waals surface area contributed by atoms with Crippen molar-refractivity contribution in [3.8, 4) is 44.5 Å². The van der Waals surface area contributed by atoms with Crippen molar-refractivity contribution in [2.24, 2.45) is 0 Å². The molecule has 60 heavy (non-hydrogen) atoms. The van der Waals surface area contributed by atoms with E-state index in [1.54, 1.807) is 0 Å². The number of fused-ring (bicyclic) bond motifs is 10. The highest BCUT2D eigenvalue weighted by Crippen LogP contribution is 2.48. The lowest BCUT2D eigenvalue weighted by Gasteiger charge is -2.19. The highest BCUT2D eigenvalue weighted by atomic mass is 32.1. The molecule has 0 saturated carbocycles. The minimum absolute atomic E-state index is 1.22. The van der Waals surface area contributed by atoms with Crippen LogP contribution in [0.15, 0.2) is 206 Å². The molecule has 278 valence electrons. The lowest BCUT2D eigenvalue weighted by atomic mass is 9.84. The molecule has 0 spiro atoms. The van der Waals surface area contributed by atoms with Gasteiger partial charge < -0.3 is 0 Å². The molecule has 0 bridgehead atoms. The quantitative estimate of drug-likeness (QED) is 0.156. The molecular formula is C58H34S2. The minimum atomic E-state index is 1.22. The normalized spacial score (nSPS) is 12.0. The predicted octanol–water partition coefficient (Wildman–Crippen LogP) is 17.7. The standard InChI is InChI=1S/C58H34S2/c1-5-19-45-41(15-1)55(42-16-2-6-20-46(42)57(45)37-29-31-53-49(33-37)39-13-9-11-23-51(39)59-53)35-25-27-36(28-26-35)56-43-17-3-7-21-47(43)58(48-22-8-4-18-44(48)56)38-30-32-54-50(34-38)40-14-10-12-24-52(40)60-54/h1-34H. The third-order valence-corrected chi connectivity index (χ3v) is 15.0. The van der Waals surface area contributed by atoms with Crippen LogP contribution in [-0.2, 0) is 0 Å². The molecular weight excluding hydrogens is 761 g/mol. The molecule has 11 aromatic carbocycles. The SMILES string of the molecule is c1ccc2c(c1)sc1ccc(-c3c4ccccc4c(-c4ccc(-c5c6ccccc6c(-c6ccc7sc8ccccc8c7c6)c6ccccc56)cc4)c4ccccc34)cc12. The molecule has 0 radical (unpaired) electrons. The fourth-order valence-electron chi connectivity index (χ4n) is 10.1. The highest BCUT2D eigenvalue weighted by molar-refractivity contribution is 7.26. The van der Waals surface area contributed by atoms with E-state index in [4.69, 9.17) is 0 Å². The van der Waals surface area contributed by atoms with E-state index in [1.807, 2.05) is 22.7 Å². The largest absolute Gasteiger partial charge is 0.135 e. The maximum absolute atomic E-state index is 2.42. The second kappa shape index (κ2) is 13.2. The summed E-state index contributed by atoms with van der Waals surface area (Å²) in [5.41, 5.74) is 10.1. The minimum Gasteiger partial charge on any atom is -0.135 e. The van der Waals surface area contributed by atoms with E-state index in [2.05, 4.69) is 206 Å². The number of thiophene rings is 2. The van der Waals surface area contributed by atoms with Crippen LogP contribution in [0.1, 0.15) is 0 Å². The van der Waals surface area contributed by atoms with Crippen molar-refractivity contribution in [3.63, 3.8) is 0 Å². The molecule has 2 aromatic heterocycles. The number of benzene rings is 11. The van der Waals surface area contributed by atoms with Crippen LogP contribution in [-0.4, -0.2) is 0 Å². The van der Waals surface area contributed by atoms with Gasteiger partial charge in [-0.15, -0.1) is 22.7 Å².